The smallest absolute Gasteiger partial charge is 0.264 e. The molecule has 0 saturated carbocycles. The number of methoxy groups -OCH3 is 1. The zero-order valence-electron chi connectivity index (χ0n) is 12.1. The van der Waals surface area contributed by atoms with E-state index in [4.69, 9.17) is 4.74 Å². The second-order valence-corrected chi connectivity index (χ2v) is 5.20. The van der Waals surface area contributed by atoms with Crippen LogP contribution in [0.4, 0.5) is 5.69 Å². The van der Waals surface area contributed by atoms with Gasteiger partial charge < -0.3 is 10.1 Å². The molecule has 5 nitrogen and oxygen atoms in total. The normalized spacial score (nSPS) is 12.6. The number of aromatic nitrogens is 2. The molecule has 1 heterocycles. The van der Waals surface area contributed by atoms with E-state index >= 15 is 0 Å². The molecular formula is C15H21N3O2. The number of nitrogens with one attached hydrogen (secondary N) is 3. The minimum atomic E-state index is -0.123. The van der Waals surface area contributed by atoms with Gasteiger partial charge in [0, 0.05) is 18.9 Å². The van der Waals surface area contributed by atoms with Crippen molar-refractivity contribution < 1.29 is 4.74 Å². The average molecular weight is 275 g/mol. The van der Waals surface area contributed by atoms with Crippen LogP contribution in [0.3, 0.4) is 0 Å². The lowest BCUT2D eigenvalue weighted by molar-refractivity contribution is 0.171. The lowest BCUT2D eigenvalue weighted by atomic mass is 10.0. The van der Waals surface area contributed by atoms with Crippen molar-refractivity contribution in [1.29, 1.82) is 0 Å². The highest BCUT2D eigenvalue weighted by atomic mass is 16.5. The van der Waals surface area contributed by atoms with Gasteiger partial charge in [-0.05, 0) is 23.6 Å². The molecule has 3 N–H and O–H groups in total. The largest absolute Gasteiger partial charge is 0.383 e. The van der Waals surface area contributed by atoms with Gasteiger partial charge in [-0.2, -0.15) is 0 Å². The Balaban J connectivity index is 2.09. The summed E-state index contributed by atoms with van der Waals surface area (Å²) in [5.74, 6) is 0.482. The standard InChI is InChI=1S/C15H21N3O2/c1-10(2)14(9-20-3)16-12-6-4-11(5-7-12)13-8-15(19)18-17-13/h4-8,10,14,16H,9H2,1-3H3,(H2,17,18,19). The zero-order chi connectivity index (χ0) is 14.5. The predicted molar refractivity (Wildman–Crippen MR) is 81.0 cm³/mol. The minimum Gasteiger partial charge on any atom is -0.383 e. The van der Waals surface area contributed by atoms with Gasteiger partial charge in [-0.3, -0.25) is 15.0 Å². The molecular weight excluding hydrogens is 254 g/mol. The van der Waals surface area contributed by atoms with E-state index in [1.165, 1.54) is 0 Å². The molecule has 5 heteroatoms. The van der Waals surface area contributed by atoms with Crippen LogP contribution >= 0.6 is 0 Å². The van der Waals surface area contributed by atoms with E-state index in [9.17, 15) is 4.79 Å². The maximum Gasteiger partial charge on any atom is 0.264 e. The quantitative estimate of drug-likeness (QED) is 0.758. The van der Waals surface area contributed by atoms with Crippen LogP contribution in [0.15, 0.2) is 35.1 Å². The van der Waals surface area contributed by atoms with E-state index in [0.717, 1.165) is 16.9 Å². The van der Waals surface area contributed by atoms with Crippen molar-refractivity contribution in [3.8, 4) is 11.3 Å². The van der Waals surface area contributed by atoms with Crippen molar-refractivity contribution in [3.05, 3.63) is 40.7 Å². The number of hydrogen-bond donors (Lipinski definition) is 3. The Bertz CT molecular complexity index is 584. The molecule has 1 atom stereocenters. The lowest BCUT2D eigenvalue weighted by Gasteiger charge is -2.22. The summed E-state index contributed by atoms with van der Waals surface area (Å²) in [4.78, 5) is 11.1. The monoisotopic (exact) mass is 275 g/mol. The minimum absolute atomic E-state index is 0.123. The highest BCUT2D eigenvalue weighted by Crippen LogP contribution is 2.19. The van der Waals surface area contributed by atoms with Crippen LogP contribution in [0, 0.1) is 5.92 Å². The average Bonchev–Trinajstić information content (AvgIpc) is 2.85. The third-order valence-corrected chi connectivity index (χ3v) is 3.29. The van der Waals surface area contributed by atoms with Gasteiger partial charge in [0.05, 0.1) is 18.3 Å². The molecule has 0 radical (unpaired) electrons. The van der Waals surface area contributed by atoms with Crippen LogP contribution < -0.4 is 10.9 Å². The fraction of sp³-hybridized carbons (Fsp3) is 0.400. The Morgan fingerprint density at radius 3 is 2.40 bits per heavy atom. The fourth-order valence-corrected chi connectivity index (χ4v) is 2.03. The maximum atomic E-state index is 11.1. The molecule has 2 aromatic rings. The molecule has 0 fully saturated rings. The summed E-state index contributed by atoms with van der Waals surface area (Å²) in [5, 5.41) is 8.83. The summed E-state index contributed by atoms with van der Waals surface area (Å²) in [7, 11) is 1.71. The number of hydrogen-bond acceptors (Lipinski definition) is 3. The topological polar surface area (TPSA) is 69.9 Å². The van der Waals surface area contributed by atoms with Crippen LogP contribution in [0.5, 0.6) is 0 Å². The number of aromatic amines is 2. The van der Waals surface area contributed by atoms with Gasteiger partial charge in [0.1, 0.15) is 0 Å². The third-order valence-electron chi connectivity index (χ3n) is 3.29. The second kappa shape index (κ2) is 6.43. The van der Waals surface area contributed by atoms with Crippen molar-refractivity contribution >= 4 is 5.69 Å². The van der Waals surface area contributed by atoms with E-state index in [0.29, 0.717) is 12.5 Å². The van der Waals surface area contributed by atoms with Crippen molar-refractivity contribution in [2.75, 3.05) is 19.0 Å². The summed E-state index contributed by atoms with van der Waals surface area (Å²) in [5.41, 5.74) is 2.69. The van der Waals surface area contributed by atoms with Gasteiger partial charge in [0.25, 0.3) is 5.56 Å². The number of H-pyrrole nitrogens is 2. The fourth-order valence-electron chi connectivity index (χ4n) is 2.03. The molecule has 1 aromatic carbocycles. The molecule has 1 aromatic heterocycles. The Morgan fingerprint density at radius 1 is 1.20 bits per heavy atom. The van der Waals surface area contributed by atoms with Crippen molar-refractivity contribution in [2.24, 2.45) is 5.92 Å². The summed E-state index contributed by atoms with van der Waals surface area (Å²) < 4.78 is 5.23. The number of anilines is 1. The van der Waals surface area contributed by atoms with Crippen molar-refractivity contribution in [2.45, 2.75) is 19.9 Å². The summed E-state index contributed by atoms with van der Waals surface area (Å²) in [6, 6.07) is 9.79. The molecule has 20 heavy (non-hydrogen) atoms. The SMILES string of the molecule is COCC(Nc1ccc(-c2cc(=O)[nH][nH]2)cc1)C(C)C. The Kier molecular flexibility index (Phi) is 4.63. The van der Waals surface area contributed by atoms with Crippen LogP contribution in [-0.4, -0.2) is 30.0 Å². The van der Waals surface area contributed by atoms with Gasteiger partial charge in [0.15, 0.2) is 0 Å². The Hall–Kier alpha value is -2.01. The maximum absolute atomic E-state index is 11.1. The molecule has 2 rings (SSSR count). The van der Waals surface area contributed by atoms with Crippen molar-refractivity contribution in [3.63, 3.8) is 0 Å². The molecule has 0 spiro atoms. The molecule has 0 bridgehead atoms. The first-order valence-electron chi connectivity index (χ1n) is 6.73. The highest BCUT2D eigenvalue weighted by Gasteiger charge is 2.12. The molecule has 0 aliphatic carbocycles. The van der Waals surface area contributed by atoms with E-state index in [-0.39, 0.29) is 11.6 Å². The number of benzene rings is 1. The second-order valence-electron chi connectivity index (χ2n) is 5.20. The summed E-state index contributed by atoms with van der Waals surface area (Å²) >= 11 is 0. The summed E-state index contributed by atoms with van der Waals surface area (Å²) in [6.07, 6.45) is 0. The molecule has 0 amide bonds. The molecule has 1 unspecified atom stereocenters. The zero-order valence-corrected chi connectivity index (χ0v) is 12.1. The molecule has 108 valence electrons. The van der Waals surface area contributed by atoms with E-state index < -0.39 is 0 Å². The number of ether oxygens (including phenoxy) is 1. The van der Waals surface area contributed by atoms with Gasteiger partial charge in [-0.15, -0.1) is 0 Å². The van der Waals surface area contributed by atoms with Crippen molar-refractivity contribution in [1.82, 2.24) is 10.2 Å². The van der Waals surface area contributed by atoms with Gasteiger partial charge >= 0.3 is 0 Å². The number of rotatable bonds is 6. The molecule has 0 saturated heterocycles. The van der Waals surface area contributed by atoms with Crippen LogP contribution in [0.2, 0.25) is 0 Å². The lowest BCUT2D eigenvalue weighted by Crippen LogP contribution is -2.30. The first-order valence-corrected chi connectivity index (χ1v) is 6.73. The summed E-state index contributed by atoms with van der Waals surface area (Å²) in [6.45, 7) is 5.00. The van der Waals surface area contributed by atoms with E-state index in [1.54, 1.807) is 13.2 Å². The highest BCUT2D eigenvalue weighted by molar-refractivity contribution is 5.62. The third kappa shape index (κ3) is 3.51. The van der Waals surface area contributed by atoms with Crippen LogP contribution in [0.1, 0.15) is 13.8 Å². The molecule has 0 aliphatic heterocycles. The predicted octanol–water partition coefficient (Wildman–Crippen LogP) is 2.45. The van der Waals surface area contributed by atoms with Gasteiger partial charge in [-0.25, -0.2) is 0 Å². The van der Waals surface area contributed by atoms with Gasteiger partial charge in [-0.1, -0.05) is 26.0 Å². The Labute approximate surface area is 118 Å². The van der Waals surface area contributed by atoms with Crippen LogP contribution in [0.25, 0.3) is 11.3 Å². The van der Waals surface area contributed by atoms with Crippen LogP contribution in [-0.2, 0) is 4.74 Å². The molecule has 0 aliphatic rings. The van der Waals surface area contributed by atoms with E-state index in [2.05, 4.69) is 29.4 Å². The first kappa shape index (κ1) is 14.4. The van der Waals surface area contributed by atoms with Gasteiger partial charge in [0.2, 0.25) is 0 Å². The first-order chi connectivity index (χ1) is 9.60. The Morgan fingerprint density at radius 2 is 1.90 bits per heavy atom. The van der Waals surface area contributed by atoms with E-state index in [1.807, 2.05) is 24.3 Å².